The molecule has 0 bridgehead atoms. The van der Waals surface area contributed by atoms with Gasteiger partial charge in [0, 0.05) is 12.5 Å². The quantitative estimate of drug-likeness (QED) is 0.680. The number of halogens is 2. The van der Waals surface area contributed by atoms with Crippen molar-refractivity contribution in [2.24, 2.45) is 0 Å². The zero-order chi connectivity index (χ0) is 10.3. The predicted molar refractivity (Wildman–Crippen MR) is 53.2 cm³/mol. The van der Waals surface area contributed by atoms with E-state index in [0.717, 1.165) is 0 Å². The summed E-state index contributed by atoms with van der Waals surface area (Å²) in [5.74, 6) is 0. The van der Waals surface area contributed by atoms with Crippen molar-refractivity contribution in [1.82, 2.24) is 0 Å². The lowest BCUT2D eigenvalue weighted by molar-refractivity contribution is -0.109. The molecule has 70 valence electrons. The van der Waals surface area contributed by atoms with Crippen molar-refractivity contribution in [2.75, 3.05) is 0 Å². The lowest BCUT2D eigenvalue weighted by atomic mass is 10.2. The van der Waals surface area contributed by atoms with Gasteiger partial charge in [0.1, 0.15) is 0 Å². The third kappa shape index (κ3) is 7.50. The molecule has 0 atom stereocenters. The maximum Gasteiger partial charge on any atom is 0.252 e. The first-order chi connectivity index (χ1) is 6.04. The summed E-state index contributed by atoms with van der Waals surface area (Å²) in [7, 11) is 0. The maximum absolute atomic E-state index is 10.4. The van der Waals surface area contributed by atoms with Gasteiger partial charge < -0.3 is 0 Å². The zero-order valence-electron chi connectivity index (χ0n) is 6.96. The molecular weight excluding hydrogens is 211 g/mol. The highest BCUT2D eigenvalue weighted by atomic mass is 35.5. The number of benzene rings is 1. The first kappa shape index (κ1) is 12.1. The number of hydrogen-bond donors (Lipinski definition) is 0. The molecule has 0 saturated carbocycles. The molecule has 0 N–H and O–H groups in total. The van der Waals surface area contributed by atoms with Crippen LogP contribution in [0.1, 0.15) is 17.3 Å². The molecule has 0 aromatic heterocycles. The molecule has 0 aliphatic carbocycles. The molecule has 0 radical (unpaired) electrons. The number of carbonyl (C=O) groups excluding carboxylic acids is 2. The van der Waals surface area contributed by atoms with Gasteiger partial charge in [-0.15, -0.1) is 0 Å². The molecule has 0 amide bonds. The predicted octanol–water partition coefficient (Wildman–Crippen LogP) is 2.84. The van der Waals surface area contributed by atoms with Crippen molar-refractivity contribution in [2.45, 2.75) is 6.92 Å². The summed E-state index contributed by atoms with van der Waals surface area (Å²) in [5.41, 5.74) is 0.541. The van der Waals surface area contributed by atoms with Gasteiger partial charge >= 0.3 is 0 Å². The first-order valence-electron chi connectivity index (χ1n) is 3.45. The van der Waals surface area contributed by atoms with Gasteiger partial charge in [-0.2, -0.15) is 0 Å². The summed E-state index contributed by atoms with van der Waals surface area (Å²) in [6, 6.07) is 8.74. The topological polar surface area (TPSA) is 34.1 Å². The highest BCUT2D eigenvalue weighted by molar-refractivity contribution is 6.67. The summed E-state index contributed by atoms with van der Waals surface area (Å²) >= 11 is 9.80. The molecule has 1 aromatic rings. The second-order valence-electron chi connectivity index (χ2n) is 2.11. The van der Waals surface area contributed by atoms with E-state index in [0.29, 0.717) is 5.56 Å². The van der Waals surface area contributed by atoms with Gasteiger partial charge in [-0.1, -0.05) is 30.3 Å². The van der Waals surface area contributed by atoms with Crippen LogP contribution < -0.4 is 0 Å². The van der Waals surface area contributed by atoms with Gasteiger partial charge in [0.05, 0.1) is 0 Å². The second kappa shape index (κ2) is 6.63. The van der Waals surface area contributed by atoms with E-state index in [-0.39, 0.29) is 5.24 Å². The van der Waals surface area contributed by atoms with Crippen molar-refractivity contribution in [1.29, 1.82) is 0 Å². The van der Waals surface area contributed by atoms with Crippen molar-refractivity contribution < 1.29 is 9.59 Å². The zero-order valence-corrected chi connectivity index (χ0v) is 8.47. The molecule has 0 aliphatic rings. The van der Waals surface area contributed by atoms with E-state index in [1.807, 2.05) is 6.07 Å². The van der Waals surface area contributed by atoms with E-state index in [4.69, 9.17) is 11.6 Å². The van der Waals surface area contributed by atoms with Gasteiger partial charge in [0.2, 0.25) is 5.24 Å². The summed E-state index contributed by atoms with van der Waals surface area (Å²) < 4.78 is 0. The molecule has 0 saturated heterocycles. The highest BCUT2D eigenvalue weighted by Crippen LogP contribution is 2.01. The minimum Gasteiger partial charge on any atom is -0.282 e. The third-order valence-electron chi connectivity index (χ3n) is 1.00. The summed E-state index contributed by atoms with van der Waals surface area (Å²) in [6.07, 6.45) is 0. The van der Waals surface area contributed by atoms with Crippen LogP contribution >= 0.6 is 23.2 Å². The summed E-state index contributed by atoms with van der Waals surface area (Å²) in [6.45, 7) is 1.29. The molecule has 0 heterocycles. The van der Waals surface area contributed by atoms with Crippen LogP contribution in [0.4, 0.5) is 0 Å². The van der Waals surface area contributed by atoms with Crippen LogP contribution in [0, 0.1) is 0 Å². The van der Waals surface area contributed by atoms with Gasteiger partial charge in [0.15, 0.2) is 0 Å². The Balaban J connectivity index is 0.000000310. The molecule has 0 unspecified atom stereocenters. The minimum atomic E-state index is -0.407. The standard InChI is InChI=1S/C7H5ClO.C2H3ClO/c8-7(9)6-4-2-1-3-5-6;1-2(3)4/h1-5H;1H3. The average Bonchev–Trinajstić information content (AvgIpc) is 2.05. The molecule has 0 fully saturated rings. The number of rotatable bonds is 1. The maximum atomic E-state index is 10.4. The molecule has 1 aromatic carbocycles. The van der Waals surface area contributed by atoms with Crippen LogP contribution in [0.3, 0.4) is 0 Å². The van der Waals surface area contributed by atoms with Gasteiger partial charge in [-0.3, -0.25) is 9.59 Å². The fourth-order valence-electron chi connectivity index (χ4n) is 0.569. The molecule has 0 aliphatic heterocycles. The number of hydrogen-bond acceptors (Lipinski definition) is 2. The molecular formula is C9H8Cl2O2. The van der Waals surface area contributed by atoms with E-state index >= 15 is 0 Å². The molecule has 4 heteroatoms. The fourth-order valence-corrected chi connectivity index (χ4v) is 0.695. The number of carbonyl (C=O) groups is 2. The van der Waals surface area contributed by atoms with Crippen LogP contribution in [0.15, 0.2) is 30.3 Å². The molecule has 2 nitrogen and oxygen atoms in total. The summed E-state index contributed by atoms with van der Waals surface area (Å²) in [4.78, 5) is 19.6. The summed E-state index contributed by atoms with van der Waals surface area (Å²) in [5, 5.41) is -0.768. The molecule has 13 heavy (non-hydrogen) atoms. The Morgan fingerprint density at radius 1 is 1.08 bits per heavy atom. The monoisotopic (exact) mass is 218 g/mol. The van der Waals surface area contributed by atoms with Gasteiger partial charge in [-0.25, -0.2) is 0 Å². The van der Waals surface area contributed by atoms with Crippen molar-refractivity contribution in [3.05, 3.63) is 35.9 Å². The lowest BCUT2D eigenvalue weighted by Gasteiger charge is -1.87. The van der Waals surface area contributed by atoms with E-state index in [1.165, 1.54) is 6.92 Å². The third-order valence-corrected chi connectivity index (χ3v) is 1.22. The van der Waals surface area contributed by atoms with Crippen LogP contribution in [-0.4, -0.2) is 10.5 Å². The van der Waals surface area contributed by atoms with E-state index in [2.05, 4.69) is 11.6 Å². The molecule has 0 spiro atoms. The van der Waals surface area contributed by atoms with Crippen LogP contribution in [0.25, 0.3) is 0 Å². The molecule has 1 rings (SSSR count). The smallest absolute Gasteiger partial charge is 0.252 e. The van der Waals surface area contributed by atoms with E-state index in [9.17, 15) is 9.59 Å². The Bertz CT molecular complexity index is 279. The lowest BCUT2D eigenvalue weighted by Crippen LogP contribution is -1.84. The van der Waals surface area contributed by atoms with E-state index < -0.39 is 5.24 Å². The Labute approximate surface area is 86.5 Å². The Morgan fingerprint density at radius 2 is 1.46 bits per heavy atom. The van der Waals surface area contributed by atoms with Crippen LogP contribution in [0.2, 0.25) is 0 Å². The average molecular weight is 219 g/mol. The Morgan fingerprint density at radius 3 is 1.69 bits per heavy atom. The fraction of sp³-hybridized carbons (Fsp3) is 0.111. The van der Waals surface area contributed by atoms with Crippen molar-refractivity contribution in [3.8, 4) is 0 Å². The Hall–Kier alpha value is -0.860. The van der Waals surface area contributed by atoms with Gasteiger partial charge in [-0.05, 0) is 23.2 Å². The Kier molecular flexibility index (Phi) is 6.20. The SMILES string of the molecule is CC(=O)Cl.O=C(Cl)c1ccccc1. The van der Waals surface area contributed by atoms with E-state index in [1.54, 1.807) is 24.3 Å². The second-order valence-corrected chi connectivity index (χ2v) is 2.99. The first-order valence-corrected chi connectivity index (χ1v) is 4.20. The van der Waals surface area contributed by atoms with Gasteiger partial charge in [0.25, 0.3) is 5.24 Å². The van der Waals surface area contributed by atoms with Crippen molar-refractivity contribution >= 4 is 33.7 Å². The largest absolute Gasteiger partial charge is 0.282 e. The highest BCUT2D eigenvalue weighted by Gasteiger charge is 1.95. The minimum absolute atomic E-state index is 0.361. The van der Waals surface area contributed by atoms with Crippen LogP contribution in [0.5, 0.6) is 0 Å². The normalized spacial score (nSPS) is 8.23. The van der Waals surface area contributed by atoms with Crippen molar-refractivity contribution in [3.63, 3.8) is 0 Å². The van der Waals surface area contributed by atoms with Crippen LogP contribution in [-0.2, 0) is 4.79 Å².